The van der Waals surface area contributed by atoms with Crippen molar-refractivity contribution in [3.8, 4) is 0 Å². The standard InChI is InChI=1S/C8H11N3OS/c1-2-5-11-7(12)4-3-6(10-11)8(9)13/h3-4H,2,5H2,1H3,(H2,9,13). The van der Waals surface area contributed by atoms with E-state index >= 15 is 0 Å². The number of aromatic nitrogens is 2. The molecule has 0 saturated carbocycles. The quantitative estimate of drug-likeness (QED) is 0.707. The Morgan fingerprint density at radius 1 is 1.69 bits per heavy atom. The lowest BCUT2D eigenvalue weighted by atomic mass is 10.4. The van der Waals surface area contributed by atoms with E-state index in [1.165, 1.54) is 16.8 Å². The van der Waals surface area contributed by atoms with Gasteiger partial charge in [0.1, 0.15) is 10.7 Å². The molecular weight excluding hydrogens is 186 g/mol. The number of aryl methyl sites for hydroxylation is 1. The van der Waals surface area contributed by atoms with Gasteiger partial charge < -0.3 is 5.73 Å². The van der Waals surface area contributed by atoms with Crippen molar-refractivity contribution in [2.24, 2.45) is 5.73 Å². The highest BCUT2D eigenvalue weighted by atomic mass is 32.1. The number of nitrogens with two attached hydrogens (primary N) is 1. The Morgan fingerprint density at radius 2 is 2.38 bits per heavy atom. The molecule has 0 bridgehead atoms. The van der Waals surface area contributed by atoms with Crippen molar-refractivity contribution >= 4 is 17.2 Å². The van der Waals surface area contributed by atoms with E-state index in [9.17, 15) is 4.79 Å². The normalized spacial score (nSPS) is 9.92. The van der Waals surface area contributed by atoms with Gasteiger partial charge in [-0.2, -0.15) is 5.10 Å². The predicted molar refractivity (Wildman–Crippen MR) is 54.7 cm³/mol. The third kappa shape index (κ3) is 2.35. The zero-order valence-electron chi connectivity index (χ0n) is 7.36. The van der Waals surface area contributed by atoms with Crippen molar-refractivity contribution in [1.29, 1.82) is 0 Å². The van der Waals surface area contributed by atoms with Gasteiger partial charge in [0.2, 0.25) is 0 Å². The van der Waals surface area contributed by atoms with Gasteiger partial charge in [-0.05, 0) is 12.5 Å². The predicted octanol–water partition coefficient (Wildman–Crippen LogP) is 0.288. The molecule has 1 heterocycles. The van der Waals surface area contributed by atoms with Crippen molar-refractivity contribution in [1.82, 2.24) is 9.78 Å². The zero-order chi connectivity index (χ0) is 9.84. The summed E-state index contributed by atoms with van der Waals surface area (Å²) in [5.74, 6) is 0. The molecule has 4 nitrogen and oxygen atoms in total. The van der Waals surface area contributed by atoms with Crippen LogP contribution in [0.5, 0.6) is 0 Å². The van der Waals surface area contributed by atoms with E-state index in [1.54, 1.807) is 0 Å². The SMILES string of the molecule is CCCn1nc(C(N)=S)ccc1=O. The summed E-state index contributed by atoms with van der Waals surface area (Å²) in [5.41, 5.74) is 5.75. The maximum absolute atomic E-state index is 11.2. The molecule has 1 rings (SSSR count). The fourth-order valence-corrected chi connectivity index (χ4v) is 1.06. The van der Waals surface area contributed by atoms with E-state index < -0.39 is 0 Å². The molecule has 0 spiro atoms. The molecule has 70 valence electrons. The van der Waals surface area contributed by atoms with Crippen molar-refractivity contribution in [3.63, 3.8) is 0 Å². The molecule has 2 N–H and O–H groups in total. The molecule has 0 aliphatic rings. The van der Waals surface area contributed by atoms with Crippen LogP contribution in [-0.2, 0) is 6.54 Å². The summed E-state index contributed by atoms with van der Waals surface area (Å²) >= 11 is 4.75. The summed E-state index contributed by atoms with van der Waals surface area (Å²) in [4.78, 5) is 11.4. The van der Waals surface area contributed by atoms with Crippen LogP contribution in [0.3, 0.4) is 0 Å². The summed E-state index contributed by atoms with van der Waals surface area (Å²) in [6.07, 6.45) is 0.855. The smallest absolute Gasteiger partial charge is 0.266 e. The second kappa shape index (κ2) is 4.13. The molecule has 0 radical (unpaired) electrons. The van der Waals surface area contributed by atoms with Crippen molar-refractivity contribution in [2.75, 3.05) is 0 Å². The molecule has 0 aromatic carbocycles. The Kier molecular flexibility index (Phi) is 3.13. The van der Waals surface area contributed by atoms with Crippen LogP contribution in [0.25, 0.3) is 0 Å². The summed E-state index contributed by atoms with van der Waals surface area (Å²) in [6, 6.07) is 2.97. The second-order valence-electron chi connectivity index (χ2n) is 2.64. The van der Waals surface area contributed by atoms with E-state index in [0.29, 0.717) is 12.2 Å². The Hall–Kier alpha value is -1.23. The summed E-state index contributed by atoms with van der Waals surface area (Å²) < 4.78 is 1.37. The lowest BCUT2D eigenvalue weighted by Crippen LogP contribution is -2.25. The Balaban J connectivity index is 3.11. The average Bonchev–Trinajstić information content (AvgIpc) is 2.08. The van der Waals surface area contributed by atoms with Crippen LogP contribution in [0.15, 0.2) is 16.9 Å². The maximum atomic E-state index is 11.2. The van der Waals surface area contributed by atoms with Gasteiger partial charge in [0.05, 0.1) is 0 Å². The maximum Gasteiger partial charge on any atom is 0.266 e. The number of hydrogen-bond donors (Lipinski definition) is 1. The first-order valence-electron chi connectivity index (χ1n) is 4.03. The minimum absolute atomic E-state index is 0.123. The minimum atomic E-state index is -0.123. The first-order chi connectivity index (χ1) is 6.15. The van der Waals surface area contributed by atoms with Gasteiger partial charge in [-0.3, -0.25) is 4.79 Å². The van der Waals surface area contributed by atoms with Gasteiger partial charge >= 0.3 is 0 Å². The van der Waals surface area contributed by atoms with Crippen LogP contribution in [0.2, 0.25) is 0 Å². The third-order valence-corrected chi connectivity index (χ3v) is 1.76. The Morgan fingerprint density at radius 3 is 2.92 bits per heavy atom. The van der Waals surface area contributed by atoms with Crippen molar-refractivity contribution in [2.45, 2.75) is 19.9 Å². The van der Waals surface area contributed by atoms with Gasteiger partial charge in [-0.25, -0.2) is 4.68 Å². The largest absolute Gasteiger partial charge is 0.388 e. The molecule has 0 fully saturated rings. The highest BCUT2D eigenvalue weighted by Gasteiger charge is 2.01. The van der Waals surface area contributed by atoms with Crippen LogP contribution >= 0.6 is 12.2 Å². The second-order valence-corrected chi connectivity index (χ2v) is 3.08. The van der Waals surface area contributed by atoms with E-state index in [0.717, 1.165) is 6.42 Å². The van der Waals surface area contributed by atoms with Crippen LogP contribution in [0, 0.1) is 0 Å². The molecule has 1 aromatic heterocycles. The molecule has 5 heteroatoms. The number of rotatable bonds is 3. The third-order valence-electron chi connectivity index (χ3n) is 1.55. The molecule has 0 unspecified atom stereocenters. The monoisotopic (exact) mass is 197 g/mol. The molecule has 0 saturated heterocycles. The van der Waals surface area contributed by atoms with Crippen LogP contribution in [0.4, 0.5) is 0 Å². The number of hydrogen-bond acceptors (Lipinski definition) is 3. The molecule has 0 atom stereocenters. The zero-order valence-corrected chi connectivity index (χ0v) is 8.17. The van der Waals surface area contributed by atoms with Crippen LogP contribution in [-0.4, -0.2) is 14.8 Å². The molecule has 1 aromatic rings. The lowest BCUT2D eigenvalue weighted by molar-refractivity contribution is 0.566. The van der Waals surface area contributed by atoms with Crippen molar-refractivity contribution in [3.05, 3.63) is 28.2 Å². The first kappa shape index (κ1) is 9.85. The van der Waals surface area contributed by atoms with Crippen LogP contribution in [0.1, 0.15) is 19.0 Å². The van der Waals surface area contributed by atoms with E-state index in [2.05, 4.69) is 5.10 Å². The van der Waals surface area contributed by atoms with E-state index in [-0.39, 0.29) is 10.5 Å². The highest BCUT2D eigenvalue weighted by molar-refractivity contribution is 7.80. The molecule has 0 aliphatic heterocycles. The Bertz CT molecular complexity index is 372. The van der Waals surface area contributed by atoms with Crippen molar-refractivity contribution < 1.29 is 0 Å². The fourth-order valence-electron chi connectivity index (χ4n) is 0.952. The average molecular weight is 197 g/mol. The van der Waals surface area contributed by atoms with Gasteiger partial charge in [0.15, 0.2) is 0 Å². The lowest BCUT2D eigenvalue weighted by Gasteiger charge is -2.03. The highest BCUT2D eigenvalue weighted by Crippen LogP contribution is 1.90. The molecule has 13 heavy (non-hydrogen) atoms. The van der Waals surface area contributed by atoms with Gasteiger partial charge in [0.25, 0.3) is 5.56 Å². The number of thiocarbonyl (C=S) groups is 1. The number of nitrogens with zero attached hydrogens (tertiary/aromatic N) is 2. The molecule has 0 aliphatic carbocycles. The van der Waals surface area contributed by atoms with E-state index in [4.69, 9.17) is 18.0 Å². The first-order valence-corrected chi connectivity index (χ1v) is 4.44. The summed E-state index contributed by atoms with van der Waals surface area (Å²) in [7, 11) is 0. The topological polar surface area (TPSA) is 60.9 Å². The summed E-state index contributed by atoms with van der Waals surface area (Å²) in [5, 5.41) is 4.00. The van der Waals surface area contributed by atoms with E-state index in [1.807, 2.05) is 6.92 Å². The molecule has 0 amide bonds. The van der Waals surface area contributed by atoms with Gasteiger partial charge in [0, 0.05) is 12.6 Å². The Labute approximate surface area is 81.4 Å². The van der Waals surface area contributed by atoms with Gasteiger partial charge in [-0.15, -0.1) is 0 Å². The molecular formula is C8H11N3OS. The minimum Gasteiger partial charge on any atom is -0.388 e. The van der Waals surface area contributed by atoms with Gasteiger partial charge in [-0.1, -0.05) is 19.1 Å². The fraction of sp³-hybridized carbons (Fsp3) is 0.375. The summed E-state index contributed by atoms with van der Waals surface area (Å²) in [6.45, 7) is 2.57. The van der Waals surface area contributed by atoms with Crippen LogP contribution < -0.4 is 11.3 Å².